The van der Waals surface area contributed by atoms with E-state index >= 15 is 0 Å². The lowest BCUT2D eigenvalue weighted by Gasteiger charge is -2.39. The Morgan fingerprint density at radius 1 is 1.21 bits per heavy atom. The van der Waals surface area contributed by atoms with Crippen LogP contribution in [-0.2, 0) is 15.7 Å². The number of alkyl halides is 3. The van der Waals surface area contributed by atoms with E-state index in [1.807, 2.05) is 0 Å². The minimum atomic E-state index is -4.71. The van der Waals surface area contributed by atoms with E-state index in [9.17, 15) is 22.8 Å². The van der Waals surface area contributed by atoms with Crippen molar-refractivity contribution in [3.63, 3.8) is 0 Å². The van der Waals surface area contributed by atoms with E-state index in [0.717, 1.165) is 10.5 Å². The molecule has 3 aromatic rings. The van der Waals surface area contributed by atoms with Crippen LogP contribution in [0.1, 0.15) is 28.9 Å². The van der Waals surface area contributed by atoms with E-state index in [4.69, 9.17) is 16.3 Å². The lowest BCUT2D eigenvalue weighted by Crippen LogP contribution is -2.52. The summed E-state index contributed by atoms with van der Waals surface area (Å²) in [6.07, 6.45) is 0.655. The molecule has 0 atom stereocenters. The summed E-state index contributed by atoms with van der Waals surface area (Å²) in [5, 5.41) is 6.15. The molecule has 1 N–H and O–H groups in total. The minimum Gasteiger partial charge on any atom is -0.370 e. The molecule has 9 nitrogen and oxygen atoms in total. The molecule has 5 heterocycles. The highest BCUT2D eigenvalue weighted by Gasteiger charge is 2.37. The Labute approximate surface area is 196 Å². The van der Waals surface area contributed by atoms with Gasteiger partial charge in [-0.1, -0.05) is 11.6 Å². The van der Waals surface area contributed by atoms with Crippen molar-refractivity contribution in [3.8, 4) is 11.1 Å². The zero-order valence-corrected chi connectivity index (χ0v) is 18.6. The predicted molar refractivity (Wildman–Crippen MR) is 114 cm³/mol. The van der Waals surface area contributed by atoms with E-state index < -0.39 is 23.3 Å². The zero-order chi connectivity index (χ0) is 24.0. The number of amides is 2. The monoisotopic (exact) mass is 496 g/mol. The van der Waals surface area contributed by atoms with Crippen molar-refractivity contribution in [3.05, 3.63) is 41.1 Å². The van der Waals surface area contributed by atoms with Gasteiger partial charge in [0.15, 0.2) is 11.3 Å². The first-order valence-corrected chi connectivity index (χ1v) is 11.1. The number of fused-ring (bicyclic) bond motifs is 1. The van der Waals surface area contributed by atoms with E-state index in [1.54, 1.807) is 4.90 Å². The van der Waals surface area contributed by atoms with Crippen LogP contribution in [0.2, 0.25) is 5.15 Å². The number of piperidine rings is 1. The summed E-state index contributed by atoms with van der Waals surface area (Å²) in [7, 11) is 0. The Kier molecular flexibility index (Phi) is 5.72. The van der Waals surface area contributed by atoms with Crippen molar-refractivity contribution < 1.29 is 27.5 Å². The molecule has 13 heteroatoms. The second kappa shape index (κ2) is 8.58. The Bertz CT molecular complexity index is 1230. The number of imidazole rings is 1. The number of likely N-dealkylation sites (tertiary alicyclic amines) is 1. The zero-order valence-electron chi connectivity index (χ0n) is 17.8. The second-order valence-electron chi connectivity index (χ2n) is 8.24. The molecule has 2 aliphatic rings. The SMILES string of the molecule is O=C(c1nc2c(C(F)(F)F)cc(-c3cn[nH]c3)cn2c1Cl)N1CCC(N2CCOCC2=O)CC1. The van der Waals surface area contributed by atoms with Gasteiger partial charge in [0, 0.05) is 49.2 Å². The van der Waals surface area contributed by atoms with E-state index in [1.165, 1.54) is 23.5 Å². The molecule has 0 spiro atoms. The molecule has 2 aliphatic heterocycles. The number of carbonyl (C=O) groups is 2. The van der Waals surface area contributed by atoms with Crippen molar-refractivity contribution >= 4 is 29.1 Å². The number of aromatic amines is 1. The molecule has 2 saturated heterocycles. The van der Waals surface area contributed by atoms with Crippen LogP contribution in [0.5, 0.6) is 0 Å². The average molecular weight is 497 g/mol. The van der Waals surface area contributed by atoms with E-state index in [-0.39, 0.29) is 35.0 Å². The van der Waals surface area contributed by atoms with Gasteiger partial charge in [-0.05, 0) is 18.9 Å². The quantitative estimate of drug-likeness (QED) is 0.601. The first-order chi connectivity index (χ1) is 16.2. The number of hydrogen-bond acceptors (Lipinski definition) is 5. The first kappa shape index (κ1) is 22.7. The molecule has 0 aromatic carbocycles. The van der Waals surface area contributed by atoms with Crippen LogP contribution in [0.25, 0.3) is 16.8 Å². The molecule has 0 bridgehead atoms. The predicted octanol–water partition coefficient (Wildman–Crippen LogP) is 2.86. The van der Waals surface area contributed by atoms with Gasteiger partial charge in [0.05, 0.1) is 18.4 Å². The summed E-state index contributed by atoms with van der Waals surface area (Å²) < 4.78 is 47.7. The van der Waals surface area contributed by atoms with Crippen LogP contribution in [0.3, 0.4) is 0 Å². The van der Waals surface area contributed by atoms with Crippen LogP contribution in [0, 0.1) is 0 Å². The van der Waals surface area contributed by atoms with Crippen molar-refractivity contribution in [2.75, 3.05) is 32.8 Å². The normalized spacial score (nSPS) is 18.2. The van der Waals surface area contributed by atoms with Gasteiger partial charge in [-0.25, -0.2) is 4.98 Å². The summed E-state index contributed by atoms with van der Waals surface area (Å²) in [4.78, 5) is 32.6. The fraction of sp³-hybridized carbons (Fsp3) is 0.429. The topological polar surface area (TPSA) is 95.8 Å². The third kappa shape index (κ3) is 4.00. The Hall–Kier alpha value is -3.12. The van der Waals surface area contributed by atoms with Gasteiger partial charge in [-0.2, -0.15) is 18.3 Å². The molecule has 0 aliphatic carbocycles. The fourth-order valence-electron chi connectivity index (χ4n) is 4.48. The number of H-pyrrole nitrogens is 1. The van der Waals surface area contributed by atoms with Crippen LogP contribution in [0.15, 0.2) is 24.7 Å². The van der Waals surface area contributed by atoms with Gasteiger partial charge in [0.25, 0.3) is 5.91 Å². The Morgan fingerprint density at radius 2 is 1.97 bits per heavy atom. The third-order valence-corrected chi connectivity index (χ3v) is 6.58. The highest BCUT2D eigenvalue weighted by molar-refractivity contribution is 6.33. The molecule has 2 fully saturated rings. The molecule has 0 radical (unpaired) electrons. The summed E-state index contributed by atoms with van der Waals surface area (Å²) in [6, 6.07) is 0.953. The molecule has 5 rings (SSSR count). The summed E-state index contributed by atoms with van der Waals surface area (Å²) >= 11 is 6.39. The average Bonchev–Trinajstić information content (AvgIpc) is 3.47. The maximum Gasteiger partial charge on any atom is 0.420 e. The summed E-state index contributed by atoms with van der Waals surface area (Å²) in [5.74, 6) is -0.619. The molecular formula is C21H20ClF3N6O3. The molecule has 0 unspecified atom stereocenters. The largest absolute Gasteiger partial charge is 0.420 e. The molecule has 180 valence electrons. The van der Waals surface area contributed by atoms with E-state index in [0.29, 0.717) is 44.6 Å². The van der Waals surface area contributed by atoms with Crippen LogP contribution >= 0.6 is 11.6 Å². The fourth-order valence-corrected chi connectivity index (χ4v) is 4.73. The van der Waals surface area contributed by atoms with E-state index in [2.05, 4.69) is 15.2 Å². The molecule has 0 saturated carbocycles. The van der Waals surface area contributed by atoms with Crippen molar-refractivity contribution in [1.29, 1.82) is 0 Å². The maximum absolute atomic E-state index is 13.8. The third-order valence-electron chi connectivity index (χ3n) is 6.22. The molecule has 34 heavy (non-hydrogen) atoms. The lowest BCUT2D eigenvalue weighted by atomic mass is 10.0. The number of aromatic nitrogens is 4. The minimum absolute atomic E-state index is 0.00802. The second-order valence-corrected chi connectivity index (χ2v) is 8.59. The molecular weight excluding hydrogens is 477 g/mol. The number of rotatable bonds is 3. The van der Waals surface area contributed by atoms with Crippen LogP contribution < -0.4 is 0 Å². The standard InChI is InChI=1S/C21H20ClF3N6O3/c22-18-17(20(33)29-3-1-14(2-4-29)30-5-6-34-11-16(30)32)28-19-15(21(23,24)25)7-12(10-31(18)19)13-8-26-27-9-13/h7-10,14H,1-6,11H2,(H,26,27). The van der Waals surface area contributed by atoms with Crippen molar-refractivity contribution in [2.45, 2.75) is 25.1 Å². The number of nitrogens with one attached hydrogen (secondary N) is 1. The Balaban J connectivity index is 1.43. The summed E-state index contributed by atoms with van der Waals surface area (Å²) in [6.45, 7) is 1.72. The number of morpholine rings is 1. The van der Waals surface area contributed by atoms with Crippen molar-refractivity contribution in [1.82, 2.24) is 29.4 Å². The number of hydrogen-bond donors (Lipinski definition) is 1. The maximum atomic E-state index is 13.8. The molecule has 2 amide bonds. The van der Waals surface area contributed by atoms with Gasteiger partial charge in [0.1, 0.15) is 11.8 Å². The Morgan fingerprint density at radius 3 is 2.62 bits per heavy atom. The van der Waals surface area contributed by atoms with Gasteiger partial charge in [-0.3, -0.25) is 19.1 Å². The summed E-state index contributed by atoms with van der Waals surface area (Å²) in [5.41, 5.74) is -1.02. The molecule has 3 aromatic heterocycles. The van der Waals surface area contributed by atoms with Crippen molar-refractivity contribution in [2.24, 2.45) is 0 Å². The van der Waals surface area contributed by atoms with Gasteiger partial charge < -0.3 is 14.5 Å². The van der Waals surface area contributed by atoms with Gasteiger partial charge in [-0.15, -0.1) is 0 Å². The number of nitrogens with zero attached hydrogens (tertiary/aromatic N) is 5. The number of halogens is 4. The highest BCUT2D eigenvalue weighted by Crippen LogP contribution is 2.37. The number of carbonyl (C=O) groups excluding carboxylic acids is 2. The van der Waals surface area contributed by atoms with Gasteiger partial charge >= 0.3 is 6.18 Å². The smallest absolute Gasteiger partial charge is 0.370 e. The van der Waals surface area contributed by atoms with Crippen LogP contribution in [0.4, 0.5) is 13.2 Å². The number of ether oxygens (including phenoxy) is 1. The van der Waals surface area contributed by atoms with Crippen LogP contribution in [-0.4, -0.2) is 80.1 Å². The lowest BCUT2D eigenvalue weighted by molar-refractivity contribution is -0.146. The number of pyridine rings is 1. The highest BCUT2D eigenvalue weighted by atomic mass is 35.5. The van der Waals surface area contributed by atoms with Gasteiger partial charge in [0.2, 0.25) is 5.91 Å². The first-order valence-electron chi connectivity index (χ1n) is 10.7.